The number of aromatic nitrogens is 3. The summed E-state index contributed by atoms with van der Waals surface area (Å²) in [6, 6.07) is 9.80. The van der Waals surface area contributed by atoms with Gasteiger partial charge >= 0.3 is 0 Å². The molecule has 0 saturated heterocycles. The molecule has 0 radical (unpaired) electrons. The number of nitrogens with zero attached hydrogens (tertiary/aromatic N) is 4. The number of rotatable bonds is 5. The van der Waals surface area contributed by atoms with Gasteiger partial charge in [0.15, 0.2) is 0 Å². The first kappa shape index (κ1) is 17.0. The molecule has 0 fully saturated rings. The van der Waals surface area contributed by atoms with Gasteiger partial charge in [-0.05, 0) is 36.2 Å². The van der Waals surface area contributed by atoms with E-state index in [4.69, 9.17) is 17.3 Å². The Balaban J connectivity index is 1.92. The molecule has 0 aliphatic heterocycles. The number of halogens is 1. The van der Waals surface area contributed by atoms with Crippen molar-refractivity contribution in [3.05, 3.63) is 59.5 Å². The maximum absolute atomic E-state index is 6.13. The van der Waals surface area contributed by atoms with Gasteiger partial charge in [0, 0.05) is 23.8 Å². The number of nitrogens with one attached hydrogen (secondary N) is 1. The molecule has 0 saturated carbocycles. The zero-order chi connectivity index (χ0) is 17.8. The van der Waals surface area contributed by atoms with E-state index in [2.05, 4.69) is 26.5 Å². The van der Waals surface area contributed by atoms with Crippen molar-refractivity contribution in [3.8, 4) is 11.1 Å². The molecule has 2 aromatic heterocycles. The van der Waals surface area contributed by atoms with Gasteiger partial charge in [-0.15, -0.1) is 0 Å². The maximum atomic E-state index is 6.13. The van der Waals surface area contributed by atoms with E-state index in [-0.39, 0.29) is 0 Å². The molecular formula is C18H19ClN6. The summed E-state index contributed by atoms with van der Waals surface area (Å²) in [6.07, 6.45) is 5.36. The van der Waals surface area contributed by atoms with Gasteiger partial charge in [-0.3, -0.25) is 4.68 Å². The fourth-order valence-corrected chi connectivity index (χ4v) is 2.75. The van der Waals surface area contributed by atoms with E-state index in [1.165, 1.54) is 0 Å². The Kier molecular flexibility index (Phi) is 5.00. The molecule has 2 heterocycles. The summed E-state index contributed by atoms with van der Waals surface area (Å²) in [5.74, 6) is 1.30. The van der Waals surface area contributed by atoms with E-state index in [0.717, 1.165) is 28.2 Å². The predicted molar refractivity (Wildman–Crippen MR) is 103 cm³/mol. The molecule has 3 aromatic rings. The third kappa shape index (κ3) is 4.16. The second-order valence-corrected chi connectivity index (χ2v) is 6.09. The average Bonchev–Trinajstić information content (AvgIpc) is 3.01. The molecular weight excluding hydrogens is 336 g/mol. The largest absolute Gasteiger partial charge is 0.387 e. The molecule has 0 amide bonds. The van der Waals surface area contributed by atoms with Crippen LogP contribution in [0.15, 0.2) is 53.9 Å². The normalized spacial score (nSPS) is 11.6. The zero-order valence-corrected chi connectivity index (χ0v) is 14.8. The topological polar surface area (TPSA) is 81.1 Å². The van der Waals surface area contributed by atoms with Crippen LogP contribution in [0.1, 0.15) is 12.5 Å². The van der Waals surface area contributed by atoms with Crippen LogP contribution in [0, 0.1) is 0 Å². The Bertz CT molecular complexity index is 911. The Morgan fingerprint density at radius 1 is 1.32 bits per heavy atom. The van der Waals surface area contributed by atoms with Crippen LogP contribution in [0.4, 0.5) is 11.5 Å². The molecule has 0 aliphatic rings. The fraction of sp³-hybridized carbons (Fsp3) is 0.167. The highest BCUT2D eigenvalue weighted by atomic mass is 35.5. The van der Waals surface area contributed by atoms with Crippen LogP contribution in [-0.4, -0.2) is 27.6 Å². The lowest BCUT2D eigenvalue weighted by Crippen LogP contribution is -2.04. The lowest BCUT2D eigenvalue weighted by Gasteiger charge is -2.11. The molecule has 7 heteroatoms. The first-order valence-corrected chi connectivity index (χ1v) is 8.19. The molecule has 25 heavy (non-hydrogen) atoms. The first-order chi connectivity index (χ1) is 12.0. The molecule has 1 aromatic carbocycles. The van der Waals surface area contributed by atoms with Crippen LogP contribution in [-0.2, 0) is 6.54 Å². The Morgan fingerprint density at radius 3 is 2.88 bits per heavy atom. The molecule has 3 rings (SSSR count). The molecule has 0 atom stereocenters. The number of hydrogen-bond donors (Lipinski definition) is 2. The minimum Gasteiger partial charge on any atom is -0.387 e. The smallest absolute Gasteiger partial charge is 0.133 e. The lowest BCUT2D eigenvalue weighted by atomic mass is 10.0. The molecule has 3 N–H and O–H groups in total. The van der Waals surface area contributed by atoms with Crippen molar-refractivity contribution in [2.75, 3.05) is 12.4 Å². The van der Waals surface area contributed by atoms with Gasteiger partial charge in [-0.25, -0.2) is 9.98 Å². The van der Waals surface area contributed by atoms with Gasteiger partial charge < -0.3 is 11.1 Å². The van der Waals surface area contributed by atoms with Crippen LogP contribution in [0.25, 0.3) is 11.1 Å². The summed E-state index contributed by atoms with van der Waals surface area (Å²) in [4.78, 5) is 8.71. The van der Waals surface area contributed by atoms with E-state index in [9.17, 15) is 0 Å². The quantitative estimate of drug-likeness (QED) is 0.540. The van der Waals surface area contributed by atoms with E-state index in [1.54, 1.807) is 17.8 Å². The maximum Gasteiger partial charge on any atom is 0.133 e. The van der Waals surface area contributed by atoms with Crippen LogP contribution in [0.5, 0.6) is 0 Å². The van der Waals surface area contributed by atoms with E-state index in [0.29, 0.717) is 17.4 Å². The summed E-state index contributed by atoms with van der Waals surface area (Å²) in [7, 11) is 1.85. The molecule has 6 nitrogen and oxygen atoms in total. The number of hydrogen-bond acceptors (Lipinski definition) is 4. The highest BCUT2D eigenvalue weighted by molar-refractivity contribution is 6.30. The Labute approximate surface area is 151 Å². The van der Waals surface area contributed by atoms with Crippen molar-refractivity contribution in [2.45, 2.75) is 13.5 Å². The number of anilines is 1. The summed E-state index contributed by atoms with van der Waals surface area (Å²) in [6.45, 7) is 2.33. The summed E-state index contributed by atoms with van der Waals surface area (Å²) in [5.41, 5.74) is 9.36. The second-order valence-electron chi connectivity index (χ2n) is 5.65. The van der Waals surface area contributed by atoms with Crippen LogP contribution < -0.4 is 11.1 Å². The first-order valence-electron chi connectivity index (χ1n) is 7.81. The standard InChI is InChI=1S/C18H19ClN6/c1-12(20)24-16-9-23-25(11-16)10-13-6-17(18(21-2)22-8-13)14-4-3-5-15(19)7-14/h3-9,11H,10H2,1-2H3,(H2,20,24)(H,21,22). The molecule has 0 bridgehead atoms. The van der Waals surface area contributed by atoms with Crippen molar-refractivity contribution in [1.82, 2.24) is 14.8 Å². The molecule has 0 aliphatic carbocycles. The number of nitrogens with two attached hydrogens (primary N) is 1. The lowest BCUT2D eigenvalue weighted by molar-refractivity contribution is 0.685. The third-order valence-corrected chi connectivity index (χ3v) is 3.82. The number of pyridine rings is 1. The second kappa shape index (κ2) is 7.36. The monoisotopic (exact) mass is 354 g/mol. The van der Waals surface area contributed by atoms with Gasteiger partial charge in [-0.2, -0.15) is 5.10 Å². The van der Waals surface area contributed by atoms with Crippen LogP contribution >= 0.6 is 11.6 Å². The average molecular weight is 355 g/mol. The van der Waals surface area contributed by atoms with E-state index in [1.807, 2.05) is 43.7 Å². The predicted octanol–water partition coefficient (Wildman–Crippen LogP) is 3.70. The Morgan fingerprint density at radius 2 is 2.16 bits per heavy atom. The minimum atomic E-state index is 0.503. The van der Waals surface area contributed by atoms with E-state index < -0.39 is 0 Å². The minimum absolute atomic E-state index is 0.503. The van der Waals surface area contributed by atoms with Gasteiger partial charge in [-0.1, -0.05) is 23.7 Å². The summed E-state index contributed by atoms with van der Waals surface area (Å²) >= 11 is 6.13. The van der Waals surface area contributed by atoms with Gasteiger partial charge in [0.25, 0.3) is 0 Å². The van der Waals surface area contributed by atoms with Crippen molar-refractivity contribution >= 4 is 28.9 Å². The third-order valence-electron chi connectivity index (χ3n) is 3.59. The molecule has 0 unspecified atom stereocenters. The van der Waals surface area contributed by atoms with E-state index >= 15 is 0 Å². The van der Waals surface area contributed by atoms with Crippen LogP contribution in [0.3, 0.4) is 0 Å². The Hall–Kier alpha value is -2.86. The SMILES string of the molecule is CNc1ncc(Cn2cc(N=C(C)N)cn2)cc1-c1cccc(Cl)c1. The van der Waals surface area contributed by atoms with Gasteiger partial charge in [0.2, 0.25) is 0 Å². The van der Waals surface area contributed by atoms with Crippen molar-refractivity contribution < 1.29 is 0 Å². The van der Waals surface area contributed by atoms with Gasteiger partial charge in [0.1, 0.15) is 11.5 Å². The van der Waals surface area contributed by atoms with Gasteiger partial charge in [0.05, 0.1) is 24.8 Å². The number of aliphatic imine (C=N–C) groups is 1. The molecule has 0 spiro atoms. The van der Waals surface area contributed by atoms with Crippen LogP contribution in [0.2, 0.25) is 5.02 Å². The summed E-state index contributed by atoms with van der Waals surface area (Å²) < 4.78 is 1.81. The highest BCUT2D eigenvalue weighted by Crippen LogP contribution is 2.29. The van der Waals surface area contributed by atoms with Crippen molar-refractivity contribution in [2.24, 2.45) is 10.7 Å². The zero-order valence-electron chi connectivity index (χ0n) is 14.1. The number of benzene rings is 1. The highest BCUT2D eigenvalue weighted by Gasteiger charge is 2.09. The summed E-state index contributed by atoms with van der Waals surface area (Å²) in [5, 5.41) is 8.13. The fourth-order valence-electron chi connectivity index (χ4n) is 2.56. The van der Waals surface area contributed by atoms with Crippen molar-refractivity contribution in [1.29, 1.82) is 0 Å². The van der Waals surface area contributed by atoms with Crippen molar-refractivity contribution in [3.63, 3.8) is 0 Å². The molecule has 128 valence electrons. The number of amidine groups is 1.